The van der Waals surface area contributed by atoms with E-state index in [1.807, 2.05) is 0 Å². The van der Waals surface area contributed by atoms with E-state index >= 15 is 0 Å². The smallest absolute Gasteiger partial charge is 0.0431 e. The van der Waals surface area contributed by atoms with E-state index in [4.69, 9.17) is 5.11 Å². The summed E-state index contributed by atoms with van der Waals surface area (Å²) in [7, 11) is 0. The van der Waals surface area contributed by atoms with Crippen LogP contribution in [0.1, 0.15) is 65.2 Å². The molecule has 0 aromatic rings. The zero-order chi connectivity index (χ0) is 9.94. The Morgan fingerprint density at radius 2 is 1.54 bits per heavy atom. The first-order chi connectivity index (χ1) is 6.31. The van der Waals surface area contributed by atoms with Crippen molar-refractivity contribution in [3.8, 4) is 0 Å². The third-order valence-corrected chi connectivity index (χ3v) is 2.66. The lowest BCUT2D eigenvalue weighted by atomic mass is 9.97. The Labute approximate surface area is 83.5 Å². The lowest BCUT2D eigenvalue weighted by Gasteiger charge is -2.09. The minimum Gasteiger partial charge on any atom is -0.396 e. The molecule has 1 nitrogen and oxygen atoms in total. The van der Waals surface area contributed by atoms with Gasteiger partial charge in [-0.05, 0) is 12.3 Å². The summed E-state index contributed by atoms with van der Waals surface area (Å²) in [5, 5.41) is 8.59. The second kappa shape index (κ2) is 10.0. The molecule has 0 aromatic heterocycles. The summed E-state index contributed by atoms with van der Waals surface area (Å²) in [5.41, 5.74) is 0. The first-order valence-electron chi connectivity index (χ1n) is 5.92. The molecule has 1 heteroatoms. The molecule has 13 heavy (non-hydrogen) atoms. The summed E-state index contributed by atoms with van der Waals surface area (Å²) in [6, 6.07) is 0. The molecule has 0 spiro atoms. The van der Waals surface area contributed by atoms with Gasteiger partial charge in [0.2, 0.25) is 0 Å². The van der Waals surface area contributed by atoms with Crippen LogP contribution < -0.4 is 0 Å². The highest BCUT2D eigenvalue weighted by atomic mass is 16.2. The molecule has 0 aliphatic rings. The van der Waals surface area contributed by atoms with Crippen LogP contribution in [-0.2, 0) is 0 Å². The van der Waals surface area contributed by atoms with Gasteiger partial charge in [0.15, 0.2) is 0 Å². The van der Waals surface area contributed by atoms with Crippen LogP contribution >= 0.6 is 0 Å². The second-order valence-corrected chi connectivity index (χ2v) is 4.17. The van der Waals surface area contributed by atoms with Crippen molar-refractivity contribution in [2.24, 2.45) is 5.92 Å². The van der Waals surface area contributed by atoms with Crippen LogP contribution in [0.4, 0.5) is 0 Å². The maximum atomic E-state index is 8.59. The number of hydrogen-bond donors (Lipinski definition) is 1. The van der Waals surface area contributed by atoms with Gasteiger partial charge in [0, 0.05) is 6.61 Å². The zero-order valence-corrected chi connectivity index (χ0v) is 9.39. The molecule has 80 valence electrons. The van der Waals surface area contributed by atoms with Gasteiger partial charge in [-0.3, -0.25) is 0 Å². The monoisotopic (exact) mass is 186 g/mol. The number of aliphatic hydroxyl groups is 1. The van der Waals surface area contributed by atoms with E-state index in [-0.39, 0.29) is 0 Å². The summed E-state index contributed by atoms with van der Waals surface area (Å²) >= 11 is 0. The Morgan fingerprint density at radius 1 is 0.923 bits per heavy atom. The van der Waals surface area contributed by atoms with Crippen molar-refractivity contribution >= 4 is 0 Å². The van der Waals surface area contributed by atoms with E-state index < -0.39 is 0 Å². The van der Waals surface area contributed by atoms with Crippen LogP contribution in [0.3, 0.4) is 0 Å². The fourth-order valence-corrected chi connectivity index (χ4v) is 1.66. The molecule has 0 saturated carbocycles. The van der Waals surface area contributed by atoms with Gasteiger partial charge in [0.05, 0.1) is 0 Å². The van der Waals surface area contributed by atoms with Gasteiger partial charge in [-0.25, -0.2) is 0 Å². The highest BCUT2D eigenvalue weighted by Gasteiger charge is 2.00. The SMILES string of the molecule is CCCCC(C)CCCCCCO. The third-order valence-electron chi connectivity index (χ3n) is 2.66. The van der Waals surface area contributed by atoms with E-state index in [0.717, 1.165) is 12.3 Å². The number of rotatable bonds is 9. The average molecular weight is 186 g/mol. The molecule has 0 saturated heterocycles. The summed E-state index contributed by atoms with van der Waals surface area (Å²) in [6.07, 6.45) is 10.3. The Kier molecular flexibility index (Phi) is 10.0. The molecule has 0 bridgehead atoms. The predicted octanol–water partition coefficient (Wildman–Crippen LogP) is 3.76. The Morgan fingerprint density at radius 3 is 2.15 bits per heavy atom. The highest BCUT2D eigenvalue weighted by Crippen LogP contribution is 2.15. The fraction of sp³-hybridized carbons (Fsp3) is 1.00. The van der Waals surface area contributed by atoms with E-state index in [0.29, 0.717) is 6.61 Å². The van der Waals surface area contributed by atoms with Crippen LogP contribution in [0.15, 0.2) is 0 Å². The molecule has 0 aromatic carbocycles. The van der Waals surface area contributed by atoms with Crippen molar-refractivity contribution in [1.29, 1.82) is 0 Å². The molecule has 1 N–H and O–H groups in total. The molecule has 0 heterocycles. The predicted molar refractivity (Wildman–Crippen MR) is 58.9 cm³/mol. The molecule has 0 amide bonds. The molecule has 0 radical (unpaired) electrons. The van der Waals surface area contributed by atoms with Gasteiger partial charge < -0.3 is 5.11 Å². The molecule has 0 aliphatic carbocycles. The van der Waals surface area contributed by atoms with Gasteiger partial charge in [0.25, 0.3) is 0 Å². The first-order valence-corrected chi connectivity index (χ1v) is 5.92. The van der Waals surface area contributed by atoms with Crippen LogP contribution in [0.5, 0.6) is 0 Å². The van der Waals surface area contributed by atoms with Gasteiger partial charge in [0.1, 0.15) is 0 Å². The van der Waals surface area contributed by atoms with Crippen LogP contribution in [0.25, 0.3) is 0 Å². The summed E-state index contributed by atoms with van der Waals surface area (Å²) in [4.78, 5) is 0. The third kappa shape index (κ3) is 9.88. The van der Waals surface area contributed by atoms with Crippen molar-refractivity contribution in [2.45, 2.75) is 65.2 Å². The van der Waals surface area contributed by atoms with Crippen LogP contribution in [-0.4, -0.2) is 11.7 Å². The van der Waals surface area contributed by atoms with Gasteiger partial charge in [-0.15, -0.1) is 0 Å². The maximum Gasteiger partial charge on any atom is 0.0431 e. The molecule has 0 fully saturated rings. The standard InChI is InChI=1S/C12H26O/c1-3-4-9-12(2)10-7-5-6-8-11-13/h12-13H,3-11H2,1-2H3. The largest absolute Gasteiger partial charge is 0.396 e. The number of aliphatic hydroxyl groups excluding tert-OH is 1. The van der Waals surface area contributed by atoms with Crippen LogP contribution in [0.2, 0.25) is 0 Å². The Hall–Kier alpha value is -0.0400. The van der Waals surface area contributed by atoms with Crippen molar-refractivity contribution in [3.05, 3.63) is 0 Å². The van der Waals surface area contributed by atoms with Gasteiger partial charge >= 0.3 is 0 Å². The van der Waals surface area contributed by atoms with Gasteiger partial charge in [-0.2, -0.15) is 0 Å². The van der Waals surface area contributed by atoms with Gasteiger partial charge in [-0.1, -0.05) is 58.8 Å². The topological polar surface area (TPSA) is 20.2 Å². The van der Waals surface area contributed by atoms with E-state index in [1.165, 1.54) is 44.9 Å². The highest BCUT2D eigenvalue weighted by molar-refractivity contribution is 4.53. The normalized spacial score (nSPS) is 13.2. The van der Waals surface area contributed by atoms with E-state index in [1.54, 1.807) is 0 Å². The Balaban J connectivity index is 3.03. The summed E-state index contributed by atoms with van der Waals surface area (Å²) in [5.74, 6) is 0.911. The maximum absolute atomic E-state index is 8.59. The van der Waals surface area contributed by atoms with Crippen molar-refractivity contribution in [2.75, 3.05) is 6.61 Å². The molecular weight excluding hydrogens is 160 g/mol. The Bertz CT molecular complexity index is 91.1. The van der Waals surface area contributed by atoms with E-state index in [2.05, 4.69) is 13.8 Å². The van der Waals surface area contributed by atoms with Crippen molar-refractivity contribution in [1.82, 2.24) is 0 Å². The quantitative estimate of drug-likeness (QED) is 0.544. The van der Waals surface area contributed by atoms with Crippen LogP contribution in [0, 0.1) is 5.92 Å². The van der Waals surface area contributed by atoms with Crippen molar-refractivity contribution in [3.63, 3.8) is 0 Å². The minimum absolute atomic E-state index is 0.366. The van der Waals surface area contributed by atoms with Crippen molar-refractivity contribution < 1.29 is 5.11 Å². The zero-order valence-electron chi connectivity index (χ0n) is 9.39. The molecule has 0 rings (SSSR count). The molecule has 1 unspecified atom stereocenters. The lowest BCUT2D eigenvalue weighted by molar-refractivity contribution is 0.281. The lowest BCUT2D eigenvalue weighted by Crippen LogP contribution is -1.94. The molecule has 1 atom stereocenters. The number of hydrogen-bond acceptors (Lipinski definition) is 1. The minimum atomic E-state index is 0.366. The second-order valence-electron chi connectivity index (χ2n) is 4.17. The fourth-order valence-electron chi connectivity index (χ4n) is 1.66. The number of unbranched alkanes of at least 4 members (excludes halogenated alkanes) is 4. The molecule has 0 aliphatic heterocycles. The summed E-state index contributed by atoms with van der Waals surface area (Å²) < 4.78 is 0. The summed E-state index contributed by atoms with van der Waals surface area (Å²) in [6.45, 7) is 4.99. The average Bonchev–Trinajstić information content (AvgIpc) is 2.14. The van der Waals surface area contributed by atoms with E-state index in [9.17, 15) is 0 Å². The molecular formula is C12H26O. The first kappa shape index (κ1) is 13.0.